The van der Waals surface area contributed by atoms with Gasteiger partial charge in [-0.05, 0) is 13.0 Å². The van der Waals surface area contributed by atoms with E-state index in [9.17, 15) is 4.79 Å². The zero-order chi connectivity index (χ0) is 8.69. The third-order valence-corrected chi connectivity index (χ3v) is 1.07. The Labute approximate surface area is 67.6 Å². The molecule has 0 fully saturated rings. The highest BCUT2D eigenvalue weighted by Crippen LogP contribution is 1.91. The van der Waals surface area contributed by atoms with Crippen LogP contribution in [0.15, 0.2) is 24.8 Å². The van der Waals surface area contributed by atoms with E-state index in [0.717, 1.165) is 5.57 Å². The molecule has 62 valence electrons. The molecule has 0 rings (SSSR count). The first kappa shape index (κ1) is 10.1. The molecule has 0 radical (unpaired) electrons. The van der Waals surface area contributed by atoms with Crippen LogP contribution >= 0.6 is 0 Å². The van der Waals surface area contributed by atoms with Gasteiger partial charge in [0.25, 0.3) is 0 Å². The van der Waals surface area contributed by atoms with Crippen molar-refractivity contribution < 1.29 is 9.53 Å². The minimum atomic E-state index is 0.0201. The maximum absolute atomic E-state index is 10.6. The second kappa shape index (κ2) is 5.86. The number of allylic oxidation sites excluding steroid dienone is 1. The minimum absolute atomic E-state index is 0.0201. The summed E-state index contributed by atoms with van der Waals surface area (Å²) in [5, 5.41) is 0. The van der Waals surface area contributed by atoms with Crippen molar-refractivity contribution in [1.29, 1.82) is 0 Å². The quantitative estimate of drug-likeness (QED) is 0.331. The van der Waals surface area contributed by atoms with E-state index in [2.05, 4.69) is 13.2 Å². The van der Waals surface area contributed by atoms with E-state index in [1.54, 1.807) is 0 Å². The van der Waals surface area contributed by atoms with Gasteiger partial charge >= 0.3 is 0 Å². The predicted octanol–water partition coefficient (Wildman–Crippen LogP) is 1.72. The molecule has 0 saturated carbocycles. The molecule has 0 unspecified atom stereocenters. The molecule has 0 aliphatic heterocycles. The molecule has 0 aromatic carbocycles. The Morgan fingerprint density at radius 2 is 2.27 bits per heavy atom. The first-order valence-electron chi connectivity index (χ1n) is 3.54. The van der Waals surface area contributed by atoms with Crippen LogP contribution in [0.4, 0.5) is 0 Å². The van der Waals surface area contributed by atoms with Crippen LogP contribution in [-0.2, 0) is 9.53 Å². The highest BCUT2D eigenvalue weighted by molar-refractivity contribution is 5.89. The first-order chi connectivity index (χ1) is 5.16. The smallest absolute Gasteiger partial charge is 0.157 e. The average Bonchev–Trinajstić information content (AvgIpc) is 1.97. The van der Waals surface area contributed by atoms with Crippen molar-refractivity contribution in [3.8, 4) is 0 Å². The standard InChI is InChI=1S/C9H14O2/c1-4-9(10)5-6-11-7-8(2)3/h4H,1-2,5-7H2,3H3. The summed E-state index contributed by atoms with van der Waals surface area (Å²) in [6.45, 7) is 9.89. The largest absolute Gasteiger partial charge is 0.377 e. The molecule has 0 atom stereocenters. The summed E-state index contributed by atoms with van der Waals surface area (Å²) in [5.74, 6) is 0.0201. The molecule has 0 N–H and O–H groups in total. The molecule has 0 aliphatic rings. The number of ketones is 1. The fourth-order valence-corrected chi connectivity index (χ4v) is 0.521. The van der Waals surface area contributed by atoms with Gasteiger partial charge in [0, 0.05) is 6.42 Å². The molecule has 2 nitrogen and oxygen atoms in total. The molecule has 0 aromatic rings. The van der Waals surface area contributed by atoms with Crippen molar-refractivity contribution in [3.63, 3.8) is 0 Å². The second-order valence-electron chi connectivity index (χ2n) is 2.43. The van der Waals surface area contributed by atoms with Crippen molar-refractivity contribution in [1.82, 2.24) is 0 Å². The summed E-state index contributed by atoms with van der Waals surface area (Å²) < 4.78 is 5.10. The monoisotopic (exact) mass is 154 g/mol. The highest BCUT2D eigenvalue weighted by atomic mass is 16.5. The van der Waals surface area contributed by atoms with Crippen LogP contribution in [0.5, 0.6) is 0 Å². The van der Waals surface area contributed by atoms with Gasteiger partial charge in [-0.1, -0.05) is 18.7 Å². The van der Waals surface area contributed by atoms with Gasteiger partial charge in [-0.3, -0.25) is 4.79 Å². The van der Waals surface area contributed by atoms with Crippen LogP contribution in [0.2, 0.25) is 0 Å². The van der Waals surface area contributed by atoms with Crippen molar-refractivity contribution in [2.24, 2.45) is 0 Å². The minimum Gasteiger partial charge on any atom is -0.377 e. The molecule has 0 aliphatic carbocycles. The molecule has 0 heterocycles. The number of carbonyl (C=O) groups is 1. The molecular formula is C9H14O2. The van der Waals surface area contributed by atoms with Gasteiger partial charge in [-0.15, -0.1) is 0 Å². The molecule has 0 bridgehead atoms. The molecular weight excluding hydrogens is 140 g/mol. The van der Waals surface area contributed by atoms with Gasteiger partial charge in [0.05, 0.1) is 13.2 Å². The molecule has 0 aromatic heterocycles. The van der Waals surface area contributed by atoms with Crippen LogP contribution < -0.4 is 0 Å². The lowest BCUT2D eigenvalue weighted by atomic mass is 10.3. The maximum atomic E-state index is 10.6. The fraction of sp³-hybridized carbons (Fsp3) is 0.444. The van der Waals surface area contributed by atoms with E-state index >= 15 is 0 Å². The van der Waals surface area contributed by atoms with Crippen molar-refractivity contribution in [2.75, 3.05) is 13.2 Å². The fourth-order valence-electron chi connectivity index (χ4n) is 0.521. The predicted molar refractivity (Wildman–Crippen MR) is 45.5 cm³/mol. The van der Waals surface area contributed by atoms with Crippen LogP contribution in [0.3, 0.4) is 0 Å². The van der Waals surface area contributed by atoms with Crippen LogP contribution in [0.25, 0.3) is 0 Å². The van der Waals surface area contributed by atoms with E-state index < -0.39 is 0 Å². The molecule has 11 heavy (non-hydrogen) atoms. The van der Waals surface area contributed by atoms with Crippen LogP contribution in [-0.4, -0.2) is 19.0 Å². The van der Waals surface area contributed by atoms with Gasteiger partial charge in [-0.25, -0.2) is 0 Å². The number of ether oxygens (including phenoxy) is 1. The van der Waals surface area contributed by atoms with Crippen molar-refractivity contribution in [2.45, 2.75) is 13.3 Å². The van der Waals surface area contributed by atoms with Crippen molar-refractivity contribution in [3.05, 3.63) is 24.8 Å². The summed E-state index contributed by atoms with van der Waals surface area (Å²) in [7, 11) is 0. The number of rotatable bonds is 6. The molecule has 0 amide bonds. The molecule has 2 heteroatoms. The number of carbonyl (C=O) groups excluding carboxylic acids is 1. The topological polar surface area (TPSA) is 26.3 Å². The third kappa shape index (κ3) is 7.00. The number of hydrogen-bond donors (Lipinski definition) is 0. The lowest BCUT2D eigenvalue weighted by Gasteiger charge is -2.00. The summed E-state index contributed by atoms with van der Waals surface area (Å²) in [6, 6.07) is 0. The normalized spacial score (nSPS) is 9.18. The summed E-state index contributed by atoms with van der Waals surface area (Å²) >= 11 is 0. The SMILES string of the molecule is C=CC(=O)CCOCC(=C)C. The molecule has 0 saturated heterocycles. The average molecular weight is 154 g/mol. The number of hydrogen-bond acceptors (Lipinski definition) is 2. The Hall–Kier alpha value is -0.890. The van der Waals surface area contributed by atoms with Crippen LogP contribution in [0, 0.1) is 0 Å². The van der Waals surface area contributed by atoms with Gasteiger partial charge in [0.15, 0.2) is 5.78 Å². The van der Waals surface area contributed by atoms with Gasteiger partial charge in [-0.2, -0.15) is 0 Å². The Morgan fingerprint density at radius 3 is 2.73 bits per heavy atom. The summed E-state index contributed by atoms with van der Waals surface area (Å²) in [4.78, 5) is 10.6. The van der Waals surface area contributed by atoms with E-state index in [4.69, 9.17) is 4.74 Å². The Bertz CT molecular complexity index is 159. The van der Waals surface area contributed by atoms with Gasteiger partial charge in [0.1, 0.15) is 0 Å². The van der Waals surface area contributed by atoms with E-state index in [1.165, 1.54) is 6.08 Å². The Balaban J connectivity index is 3.21. The lowest BCUT2D eigenvalue weighted by molar-refractivity contribution is -0.115. The first-order valence-corrected chi connectivity index (χ1v) is 3.54. The third-order valence-electron chi connectivity index (χ3n) is 1.07. The summed E-state index contributed by atoms with van der Waals surface area (Å²) in [5.41, 5.74) is 0.969. The van der Waals surface area contributed by atoms with Crippen molar-refractivity contribution >= 4 is 5.78 Å². The zero-order valence-electron chi connectivity index (χ0n) is 6.93. The Morgan fingerprint density at radius 1 is 1.64 bits per heavy atom. The summed E-state index contributed by atoms with van der Waals surface area (Å²) in [6.07, 6.45) is 1.72. The van der Waals surface area contributed by atoms with E-state index in [0.29, 0.717) is 19.6 Å². The highest BCUT2D eigenvalue weighted by Gasteiger charge is 1.94. The van der Waals surface area contributed by atoms with Crippen LogP contribution in [0.1, 0.15) is 13.3 Å². The Kier molecular flexibility index (Phi) is 5.39. The lowest BCUT2D eigenvalue weighted by Crippen LogP contribution is -2.02. The van der Waals surface area contributed by atoms with Gasteiger partial charge in [0.2, 0.25) is 0 Å². The zero-order valence-corrected chi connectivity index (χ0v) is 6.93. The molecule has 0 spiro atoms. The van der Waals surface area contributed by atoms with E-state index in [1.807, 2.05) is 6.92 Å². The second-order valence-corrected chi connectivity index (χ2v) is 2.43. The van der Waals surface area contributed by atoms with Gasteiger partial charge < -0.3 is 4.74 Å². The maximum Gasteiger partial charge on any atom is 0.157 e. The van der Waals surface area contributed by atoms with E-state index in [-0.39, 0.29) is 5.78 Å².